The molecule has 24 heavy (non-hydrogen) atoms. The van der Waals surface area contributed by atoms with Gasteiger partial charge in [-0.3, -0.25) is 14.9 Å². The molecule has 0 radical (unpaired) electrons. The summed E-state index contributed by atoms with van der Waals surface area (Å²) < 4.78 is 5.58. The number of para-hydroxylation sites is 2. The van der Waals surface area contributed by atoms with Gasteiger partial charge >= 0.3 is 0 Å². The Kier molecular flexibility index (Phi) is 6.31. The number of ether oxygens (including phenoxy) is 1. The molecule has 0 aliphatic carbocycles. The summed E-state index contributed by atoms with van der Waals surface area (Å²) in [5, 5.41) is 13.5. The van der Waals surface area contributed by atoms with Crippen LogP contribution in [0.1, 0.15) is 25.3 Å². The maximum absolute atomic E-state index is 11.9. The molecule has 2 aromatic carbocycles. The number of aryl methyl sites for hydroxylation is 1. The monoisotopic (exact) mass is 328 g/mol. The van der Waals surface area contributed by atoms with E-state index in [1.807, 2.05) is 24.3 Å². The van der Waals surface area contributed by atoms with E-state index in [0.29, 0.717) is 13.0 Å². The van der Waals surface area contributed by atoms with Gasteiger partial charge in [0.1, 0.15) is 11.4 Å². The lowest BCUT2D eigenvalue weighted by atomic mass is 10.2. The van der Waals surface area contributed by atoms with Gasteiger partial charge in [-0.2, -0.15) is 0 Å². The van der Waals surface area contributed by atoms with Crippen molar-refractivity contribution in [3.8, 4) is 5.75 Å². The smallest absolute Gasteiger partial charge is 0.292 e. The fraction of sp³-hybridized carbons (Fsp3) is 0.278. The summed E-state index contributed by atoms with van der Waals surface area (Å²) in [6.07, 6.45) is 1.74. The standard InChI is InChI=1S/C18H20N2O4/c1-2-14-9-11-15(12-10-14)24-13-5-8-18(21)19-16-6-3-4-7-17(16)20(22)23/h3-4,6-7,9-12H,2,5,8,13H2,1H3,(H,19,21). The first-order valence-electron chi connectivity index (χ1n) is 7.85. The molecule has 2 aromatic rings. The highest BCUT2D eigenvalue weighted by molar-refractivity contribution is 5.92. The molecule has 0 spiro atoms. The molecule has 6 nitrogen and oxygen atoms in total. The molecular weight excluding hydrogens is 308 g/mol. The van der Waals surface area contributed by atoms with E-state index in [9.17, 15) is 14.9 Å². The quantitative estimate of drug-likeness (QED) is 0.452. The molecule has 0 heterocycles. The Morgan fingerprint density at radius 1 is 1.17 bits per heavy atom. The maximum Gasteiger partial charge on any atom is 0.292 e. The van der Waals surface area contributed by atoms with E-state index >= 15 is 0 Å². The van der Waals surface area contributed by atoms with Crippen LogP contribution >= 0.6 is 0 Å². The molecule has 0 unspecified atom stereocenters. The lowest BCUT2D eigenvalue weighted by Gasteiger charge is -2.08. The van der Waals surface area contributed by atoms with E-state index in [1.54, 1.807) is 12.1 Å². The van der Waals surface area contributed by atoms with Crippen molar-refractivity contribution in [2.75, 3.05) is 11.9 Å². The van der Waals surface area contributed by atoms with Gasteiger partial charge in [-0.1, -0.05) is 31.2 Å². The maximum atomic E-state index is 11.9. The van der Waals surface area contributed by atoms with Gasteiger partial charge < -0.3 is 10.1 Å². The molecule has 126 valence electrons. The number of nitro benzene ring substituents is 1. The van der Waals surface area contributed by atoms with Crippen LogP contribution in [0.2, 0.25) is 0 Å². The third-order valence-electron chi connectivity index (χ3n) is 3.52. The van der Waals surface area contributed by atoms with E-state index in [0.717, 1.165) is 12.2 Å². The van der Waals surface area contributed by atoms with Crippen molar-refractivity contribution in [3.63, 3.8) is 0 Å². The van der Waals surface area contributed by atoms with E-state index in [4.69, 9.17) is 4.74 Å². The summed E-state index contributed by atoms with van der Waals surface area (Å²) in [4.78, 5) is 22.3. The lowest BCUT2D eigenvalue weighted by Crippen LogP contribution is -2.13. The van der Waals surface area contributed by atoms with Gasteiger partial charge in [-0.05, 0) is 36.6 Å². The van der Waals surface area contributed by atoms with Crippen LogP contribution in [0.15, 0.2) is 48.5 Å². The van der Waals surface area contributed by atoms with Crippen molar-refractivity contribution in [2.24, 2.45) is 0 Å². The number of nitro groups is 1. The predicted octanol–water partition coefficient (Wildman–Crippen LogP) is 3.95. The number of amides is 1. The number of carbonyl (C=O) groups is 1. The summed E-state index contributed by atoms with van der Waals surface area (Å²) in [7, 11) is 0. The van der Waals surface area contributed by atoms with Gasteiger partial charge in [-0.15, -0.1) is 0 Å². The van der Waals surface area contributed by atoms with Crippen LogP contribution in [0, 0.1) is 10.1 Å². The third kappa shape index (κ3) is 5.08. The fourth-order valence-electron chi connectivity index (χ4n) is 2.20. The first-order chi connectivity index (χ1) is 11.6. The van der Waals surface area contributed by atoms with E-state index < -0.39 is 4.92 Å². The minimum atomic E-state index is -0.515. The first-order valence-corrected chi connectivity index (χ1v) is 7.85. The minimum absolute atomic E-state index is 0.113. The van der Waals surface area contributed by atoms with Gasteiger partial charge in [0, 0.05) is 12.5 Å². The van der Waals surface area contributed by atoms with Crippen LogP contribution in [0.3, 0.4) is 0 Å². The Bertz CT molecular complexity index is 698. The van der Waals surface area contributed by atoms with Crippen molar-refractivity contribution in [1.29, 1.82) is 0 Å². The second-order valence-corrected chi connectivity index (χ2v) is 5.27. The minimum Gasteiger partial charge on any atom is -0.494 e. The Labute approximate surface area is 140 Å². The highest BCUT2D eigenvalue weighted by atomic mass is 16.6. The van der Waals surface area contributed by atoms with Crippen LogP contribution in [-0.4, -0.2) is 17.4 Å². The van der Waals surface area contributed by atoms with Gasteiger partial charge in [0.2, 0.25) is 5.91 Å². The summed E-state index contributed by atoms with van der Waals surface area (Å²) in [5.41, 5.74) is 1.34. The number of anilines is 1. The van der Waals surface area contributed by atoms with Gasteiger partial charge in [0.15, 0.2) is 0 Å². The number of rotatable bonds is 8. The van der Waals surface area contributed by atoms with Gasteiger partial charge in [0.25, 0.3) is 5.69 Å². The van der Waals surface area contributed by atoms with E-state index in [-0.39, 0.29) is 23.7 Å². The highest BCUT2D eigenvalue weighted by Crippen LogP contribution is 2.23. The Morgan fingerprint density at radius 3 is 2.54 bits per heavy atom. The molecule has 0 aromatic heterocycles. The van der Waals surface area contributed by atoms with Crippen molar-refractivity contribution >= 4 is 17.3 Å². The van der Waals surface area contributed by atoms with Crippen molar-refractivity contribution in [1.82, 2.24) is 0 Å². The van der Waals surface area contributed by atoms with Crippen LogP contribution < -0.4 is 10.1 Å². The molecule has 0 aliphatic heterocycles. The van der Waals surface area contributed by atoms with Gasteiger partial charge in [-0.25, -0.2) is 0 Å². The lowest BCUT2D eigenvalue weighted by molar-refractivity contribution is -0.383. The molecule has 0 fully saturated rings. The molecule has 0 bridgehead atoms. The molecular formula is C18H20N2O4. The number of nitrogens with one attached hydrogen (secondary N) is 1. The largest absolute Gasteiger partial charge is 0.494 e. The highest BCUT2D eigenvalue weighted by Gasteiger charge is 2.14. The van der Waals surface area contributed by atoms with Crippen LogP contribution in [0.25, 0.3) is 0 Å². The second kappa shape index (κ2) is 8.67. The second-order valence-electron chi connectivity index (χ2n) is 5.27. The average Bonchev–Trinajstić information content (AvgIpc) is 2.59. The molecule has 0 atom stereocenters. The van der Waals surface area contributed by atoms with Crippen LogP contribution in [-0.2, 0) is 11.2 Å². The summed E-state index contributed by atoms with van der Waals surface area (Å²) in [6.45, 7) is 2.50. The number of hydrogen-bond donors (Lipinski definition) is 1. The number of carbonyl (C=O) groups excluding carboxylic acids is 1. The SMILES string of the molecule is CCc1ccc(OCCCC(=O)Nc2ccccc2[N+](=O)[O-])cc1. The molecule has 0 saturated heterocycles. The Balaban J connectivity index is 1.76. The van der Waals surface area contributed by atoms with Crippen molar-refractivity contribution in [3.05, 3.63) is 64.2 Å². The molecule has 2 rings (SSSR count). The number of benzene rings is 2. The molecule has 0 saturated carbocycles. The normalized spacial score (nSPS) is 10.2. The first kappa shape index (κ1) is 17.5. The zero-order valence-corrected chi connectivity index (χ0v) is 13.5. The van der Waals surface area contributed by atoms with Crippen LogP contribution in [0.4, 0.5) is 11.4 Å². The average molecular weight is 328 g/mol. The molecule has 1 amide bonds. The molecule has 0 aliphatic rings. The van der Waals surface area contributed by atoms with Gasteiger partial charge in [0.05, 0.1) is 11.5 Å². The summed E-state index contributed by atoms with van der Waals surface area (Å²) in [5.74, 6) is 0.500. The number of nitrogens with zero attached hydrogens (tertiary/aromatic N) is 1. The topological polar surface area (TPSA) is 81.5 Å². The van der Waals surface area contributed by atoms with Crippen molar-refractivity contribution < 1.29 is 14.5 Å². The van der Waals surface area contributed by atoms with E-state index in [1.165, 1.54) is 17.7 Å². The van der Waals surface area contributed by atoms with E-state index in [2.05, 4.69) is 12.2 Å². The Hall–Kier alpha value is -2.89. The number of hydrogen-bond acceptors (Lipinski definition) is 4. The fourth-order valence-corrected chi connectivity index (χ4v) is 2.20. The molecule has 1 N–H and O–H groups in total. The molecule has 6 heteroatoms. The summed E-state index contributed by atoms with van der Waals surface area (Å²) in [6, 6.07) is 13.9. The third-order valence-corrected chi connectivity index (χ3v) is 3.52. The Morgan fingerprint density at radius 2 is 1.88 bits per heavy atom. The van der Waals surface area contributed by atoms with Crippen molar-refractivity contribution in [2.45, 2.75) is 26.2 Å². The summed E-state index contributed by atoms with van der Waals surface area (Å²) >= 11 is 0. The zero-order valence-electron chi connectivity index (χ0n) is 13.5. The zero-order chi connectivity index (χ0) is 17.4. The predicted molar refractivity (Wildman–Crippen MR) is 92.3 cm³/mol. The van der Waals surface area contributed by atoms with Crippen LogP contribution in [0.5, 0.6) is 5.75 Å².